The Morgan fingerprint density at radius 3 is 1.35 bits per heavy atom. The van der Waals surface area contributed by atoms with E-state index in [4.69, 9.17) is 90.5 Å². The van der Waals surface area contributed by atoms with Crippen LogP contribution in [0.1, 0.15) is 184 Å². The van der Waals surface area contributed by atoms with Crippen LogP contribution < -0.4 is 4.74 Å². The maximum atomic E-state index is 12.2. The molecule has 0 heterocycles. The average Bonchev–Trinajstić information content (AvgIpc) is 0.648. The van der Waals surface area contributed by atoms with E-state index in [1.165, 1.54) is 0 Å². The molecule has 3 saturated carbocycles. The highest BCUT2D eigenvalue weighted by atomic mass is 16.5. The zero-order valence-electron chi connectivity index (χ0n) is 93.0. The zero-order chi connectivity index (χ0) is 97.8. The van der Waals surface area contributed by atoms with E-state index in [-0.39, 0.29) is 0 Å². The van der Waals surface area contributed by atoms with Crippen LogP contribution in [0.25, 0.3) is 0 Å². The maximum absolute atomic E-state index is 12.2. The van der Waals surface area contributed by atoms with Crippen LogP contribution in [0.15, 0.2) is 72.5 Å². The molecule has 6 rings (SSSR count). The predicted molar refractivity (Wildman–Crippen MR) is 222 cm³/mol. The van der Waals surface area contributed by atoms with E-state index in [2.05, 4.69) is 4.74 Å². The summed E-state index contributed by atoms with van der Waals surface area (Å²) in [6.07, 6.45) is -53.9. The van der Waals surface area contributed by atoms with Gasteiger partial charge in [0.15, 0.2) is 0 Å². The number of aromatic hydroxyl groups is 2. The number of phenols is 2. The van der Waals surface area contributed by atoms with E-state index in [1.807, 2.05) is 0 Å². The van der Waals surface area contributed by atoms with Crippen LogP contribution in [-0.4, -0.2) is 109 Å². The van der Waals surface area contributed by atoms with Gasteiger partial charge in [-0.15, -0.1) is 0 Å². The molecule has 3 aliphatic rings. The van der Waals surface area contributed by atoms with E-state index in [0.29, 0.717) is 0 Å². The van der Waals surface area contributed by atoms with Crippen LogP contribution in [0, 0.1) is 17.7 Å². The first-order valence-corrected chi connectivity index (χ1v) is 14.0. The van der Waals surface area contributed by atoms with Gasteiger partial charge in [-0.05, 0) is 133 Å². The average molecular weight is 828 g/mol. The van der Waals surface area contributed by atoms with Gasteiger partial charge in [-0.1, -0.05) is 74.5 Å². The molecule has 0 amide bonds. The Morgan fingerprint density at radius 1 is 0.618 bits per heavy atom. The van der Waals surface area contributed by atoms with E-state index in [1.54, 1.807) is 0 Å². The minimum Gasteiger partial charge on any atom is -0.508 e. The van der Waals surface area contributed by atoms with Gasteiger partial charge in [0.05, 0.1) is 44.4 Å². The second kappa shape index (κ2) is 20.3. The lowest BCUT2D eigenvalue weighted by Crippen LogP contribution is -2.43. The van der Waals surface area contributed by atoms with E-state index < -0.39 is 300 Å². The summed E-state index contributed by atoms with van der Waals surface area (Å²) in [5, 5.41) is 56.5. The number of rotatable bonds is 10. The zero-order valence-corrected chi connectivity index (χ0v) is 27.0. The smallest absolute Gasteiger partial charge is 0.119 e. The van der Waals surface area contributed by atoms with Crippen molar-refractivity contribution in [2.24, 2.45) is 17.7 Å². The van der Waals surface area contributed by atoms with Crippen LogP contribution in [-0.2, 0) is 16.8 Å². The molecule has 0 radical (unpaired) electrons. The molecule has 0 aromatic heterocycles. The Hall–Kier alpha value is -3.18. The van der Waals surface area contributed by atoms with E-state index >= 15 is 0 Å². The molecule has 9 nitrogen and oxygen atoms in total. The summed E-state index contributed by atoms with van der Waals surface area (Å²) in [6.45, 7) is -39.3. The van der Waals surface area contributed by atoms with Gasteiger partial charge in [0.1, 0.15) is 17.2 Å². The van der Waals surface area contributed by atoms with Crippen LogP contribution in [0.2, 0.25) is 0 Å². The molecule has 5 N–H and O–H groups in total. The Balaban J connectivity index is 0.000000382. The molecule has 0 unspecified atom stereocenters. The van der Waals surface area contributed by atoms with Crippen molar-refractivity contribution in [3.8, 4) is 17.2 Å². The molecule has 3 aliphatic carbocycles. The number of benzene rings is 3. The minimum atomic E-state index is -4.97. The first-order valence-electron chi connectivity index (χ1n) is 47.0. The summed E-state index contributed by atoms with van der Waals surface area (Å²) >= 11 is 0. The highest BCUT2D eigenvalue weighted by Crippen LogP contribution is 2.45. The van der Waals surface area contributed by atoms with Crippen LogP contribution >= 0.6 is 0 Å². The summed E-state index contributed by atoms with van der Waals surface area (Å²) in [7, 11) is -3.57. The van der Waals surface area contributed by atoms with Crippen LogP contribution in [0.5, 0.6) is 17.2 Å². The van der Waals surface area contributed by atoms with Crippen molar-refractivity contribution in [1.82, 2.24) is 14.7 Å². The van der Waals surface area contributed by atoms with Gasteiger partial charge < -0.3 is 45.0 Å². The third kappa shape index (κ3) is 11.9. The fourth-order valence-corrected chi connectivity index (χ4v) is 3.92. The second-order valence-corrected chi connectivity index (χ2v) is 9.85. The molecule has 0 saturated heterocycles. The minimum absolute atomic E-state index is 1.11. The molecule has 3 aromatic carbocycles. The number of hydrogen-bond acceptors (Lipinski definition) is 9. The monoisotopic (exact) mass is 828 g/mol. The topological polar surface area (TPSA) is 120 Å². The van der Waals surface area contributed by atoms with Crippen molar-refractivity contribution in [2.75, 3.05) is 68.4 Å². The molecule has 0 bridgehead atoms. The summed E-state index contributed by atoms with van der Waals surface area (Å²) < 4.78 is 536. The van der Waals surface area contributed by atoms with Gasteiger partial charge in [0.2, 0.25) is 0 Å². The van der Waals surface area contributed by atoms with Gasteiger partial charge in [-0.25, -0.2) is 0 Å². The van der Waals surface area contributed by atoms with Gasteiger partial charge in [0.25, 0.3) is 0 Å². The summed E-state index contributed by atoms with van der Waals surface area (Å²) in [4.78, 5) is -3.36. The second-order valence-electron chi connectivity index (χ2n) is 9.85. The maximum Gasteiger partial charge on any atom is 0.119 e. The first kappa shape index (κ1) is 9.17. The standard InChI is InChI=1S/C16H25NO2.2C15H23NO2/c1-17(2)12-14-7-4-5-10-16(14,18)13-8-6-9-15(11-13)19-3;2*1-16(2)11-13-6-3-4-9-15(13,18)12-7-5-8-14(17)10-12/h6,8-9,11,14,18H,4-5,7,10,12H2,1-3H3;2*5,7-8,10,13,17-18H,3-4,6,9,11H2,1-2H3/t14-,16+;2*13-,15+/m000/s1/i1D3,2D3,3D3,4D2,5D2,6D,7D2,8D,9D,10D2,11D,12D2,14D;2*1D3,2D3,3D2,4D2,5D,6D2,7D,8D,9D2,10D,11D2,13D. The van der Waals surface area contributed by atoms with Gasteiger partial charge in [0, 0.05) is 107 Å². The number of ether oxygens (including phenoxy) is 1. The van der Waals surface area contributed by atoms with E-state index in [9.17, 15) is 25.5 Å². The summed E-state index contributed by atoms with van der Waals surface area (Å²) in [5.74, 6) is -19.4. The Bertz CT molecular complexity index is 4220. The van der Waals surface area contributed by atoms with Crippen LogP contribution in [0.4, 0.5) is 0 Å². The third-order valence-corrected chi connectivity index (χ3v) is 6.25. The summed E-state index contributed by atoms with van der Waals surface area (Å²) in [5.41, 5.74) is -20.1. The Morgan fingerprint density at radius 2 is 0.982 bits per heavy atom. The quantitative estimate of drug-likeness (QED) is 0.144. The normalized spacial score (nSPS) is 63.2. The molecule has 306 valence electrons. The van der Waals surface area contributed by atoms with Crippen molar-refractivity contribution in [1.29, 1.82) is 0 Å². The van der Waals surface area contributed by atoms with Gasteiger partial charge in [-0.2, -0.15) is 0 Å². The molecular weight excluding hydrogens is 691 g/mol. The van der Waals surface area contributed by atoms with E-state index in [0.717, 1.165) is 0 Å². The molecule has 0 aliphatic heterocycles. The fourth-order valence-electron chi connectivity index (χ4n) is 3.92. The van der Waals surface area contributed by atoms with Crippen molar-refractivity contribution in [2.45, 2.75) is 93.3 Å². The lowest BCUT2D eigenvalue weighted by molar-refractivity contribution is -0.0621. The lowest BCUT2D eigenvalue weighted by atomic mass is 9.71. The highest BCUT2D eigenvalue weighted by molar-refractivity contribution is 5.34. The van der Waals surface area contributed by atoms with Gasteiger partial charge in [-0.3, -0.25) is 0 Å². The molecule has 0 spiro atoms. The molecule has 3 fully saturated rings. The summed E-state index contributed by atoms with van der Waals surface area (Å²) in [6, 6.07) is -18.5. The number of phenolic OH excluding ortho intramolecular Hbond substituents is 2. The number of methoxy groups -OCH3 is 1. The number of aliphatic hydroxyl groups is 3. The van der Waals surface area contributed by atoms with Crippen molar-refractivity contribution in [3.63, 3.8) is 0 Å². The Kier molecular flexibility index (Phi) is 3.38. The van der Waals surface area contributed by atoms with Crippen LogP contribution in [0.3, 0.4) is 0 Å². The molecule has 6 atom stereocenters. The molecule has 9 heteroatoms. The lowest BCUT2D eigenvalue weighted by Gasteiger charge is -2.41. The van der Waals surface area contributed by atoms with Crippen molar-refractivity contribution < 1.29 is 121 Å². The highest BCUT2D eigenvalue weighted by Gasteiger charge is 2.42. The molecule has 3 aromatic rings. The molecular formula is C46H71N3O6. The van der Waals surface area contributed by atoms with Gasteiger partial charge >= 0.3 is 0 Å². The Labute approximate surface area is 424 Å². The molecule has 55 heavy (non-hydrogen) atoms. The fraction of sp³-hybridized carbons (Fsp3) is 0.609. The SMILES string of the molecule is [2H]c1c([2H])c(O)c([2H])c([C@]2(O)C([2H])([2H])C([2H])([2H])C([2H])([2H])C([2H])([2H])[C@@]2([2H])C([2H])([2H])N(C([2H])([2H])[2H])C([2H])([2H])[2H])c1[2H].[2H]c1c([2H])c(O)c([2H])c([C@]2(O)C([2H])([2H])C([2H])([2H])C([2H])([2H])C([2H])([2H])[C@@]2([2H])C([2H])([2H])N(C([2H])([2H])[2H])C([2H])([2H])[2H])c1[2H].[2H]c1c([2H])c(OC([2H])([2H])[2H])c([2H])c([C@]2(O)C([2H])([2H])C([2H])([2H])C([2H])([2H])C([2H])([2H])[C@@]2([2H])C([2H])([2H])N(C([2H])([2H])[2H])C([2H])([2H])[2H])c1[2H]. The predicted octanol–water partition coefficient (Wildman–Crippen LogP) is 7.30. The number of nitrogens with zero attached hydrogens (tertiary/aromatic N) is 3. The van der Waals surface area contributed by atoms with Crippen molar-refractivity contribution >= 4 is 0 Å². The van der Waals surface area contributed by atoms with Crippen molar-refractivity contribution in [3.05, 3.63) is 89.2 Å². The third-order valence-electron chi connectivity index (χ3n) is 6.25. The first-order chi connectivity index (χ1) is 52.1. The largest absolute Gasteiger partial charge is 0.508 e. The number of hydrogen-bond donors (Lipinski definition) is 5.